The molecule has 0 atom stereocenters. The average Bonchev–Trinajstić information content (AvgIpc) is 2.45. The first kappa shape index (κ1) is 14.3. The highest BCUT2D eigenvalue weighted by atomic mass is 32.2. The second-order valence-electron chi connectivity index (χ2n) is 4.32. The van der Waals surface area contributed by atoms with Gasteiger partial charge in [0.15, 0.2) is 22.2 Å². The third kappa shape index (κ3) is 3.68. The van der Waals surface area contributed by atoms with Crippen LogP contribution in [0.3, 0.4) is 0 Å². The number of hydrogen-bond acceptors (Lipinski definition) is 4. The summed E-state index contributed by atoms with van der Waals surface area (Å²) in [5, 5.41) is 0. The molecule has 0 aromatic heterocycles. The van der Waals surface area contributed by atoms with Crippen molar-refractivity contribution >= 4 is 15.6 Å². The Morgan fingerprint density at radius 1 is 1.05 bits per heavy atom. The highest BCUT2D eigenvalue weighted by Gasteiger charge is 2.09. The van der Waals surface area contributed by atoms with Crippen molar-refractivity contribution in [2.24, 2.45) is 0 Å². The minimum absolute atomic E-state index is 0.128. The number of ether oxygens (including phenoxy) is 1. The number of Topliss-reactive ketones (excluding diaryl/α,β-unsaturated/α-hetero) is 1. The van der Waals surface area contributed by atoms with Gasteiger partial charge in [-0.2, -0.15) is 0 Å². The molecular weight excluding hydrogens is 276 g/mol. The molecule has 0 unspecified atom stereocenters. The Labute approximate surface area is 117 Å². The standard InChI is InChI=1S/C15H14O4S/c1-20(17,18)14-9-5-8-13(10-14)19-11-15(16)12-6-3-2-4-7-12/h2-10H,11H2,1H3. The van der Waals surface area contributed by atoms with E-state index >= 15 is 0 Å². The lowest BCUT2D eigenvalue weighted by Gasteiger charge is -2.07. The first-order valence-corrected chi connectivity index (χ1v) is 7.87. The lowest BCUT2D eigenvalue weighted by molar-refractivity contribution is 0.0921. The van der Waals surface area contributed by atoms with E-state index < -0.39 is 9.84 Å². The maximum absolute atomic E-state index is 11.9. The second-order valence-corrected chi connectivity index (χ2v) is 6.34. The quantitative estimate of drug-likeness (QED) is 0.793. The van der Waals surface area contributed by atoms with E-state index in [4.69, 9.17) is 4.74 Å². The van der Waals surface area contributed by atoms with Crippen LogP contribution in [0.5, 0.6) is 5.75 Å². The molecule has 0 aliphatic carbocycles. The minimum Gasteiger partial charge on any atom is -0.485 e. The van der Waals surface area contributed by atoms with Crippen LogP contribution in [-0.2, 0) is 9.84 Å². The largest absolute Gasteiger partial charge is 0.485 e. The van der Waals surface area contributed by atoms with Crippen molar-refractivity contribution in [3.63, 3.8) is 0 Å². The van der Waals surface area contributed by atoms with Crippen LogP contribution >= 0.6 is 0 Å². The fourth-order valence-electron chi connectivity index (χ4n) is 1.65. The predicted molar refractivity (Wildman–Crippen MR) is 75.8 cm³/mol. The maximum atomic E-state index is 11.9. The normalized spacial score (nSPS) is 11.1. The van der Waals surface area contributed by atoms with Gasteiger partial charge in [-0.3, -0.25) is 4.79 Å². The molecule has 0 N–H and O–H groups in total. The zero-order valence-corrected chi connectivity index (χ0v) is 11.8. The van der Waals surface area contributed by atoms with E-state index in [0.717, 1.165) is 6.26 Å². The molecule has 4 nitrogen and oxygen atoms in total. The van der Waals surface area contributed by atoms with Crippen LogP contribution < -0.4 is 4.74 Å². The SMILES string of the molecule is CS(=O)(=O)c1cccc(OCC(=O)c2ccccc2)c1. The summed E-state index contributed by atoms with van der Waals surface area (Å²) in [4.78, 5) is 12.0. The van der Waals surface area contributed by atoms with E-state index in [1.165, 1.54) is 12.1 Å². The first-order chi connectivity index (χ1) is 9.47. The van der Waals surface area contributed by atoms with Gasteiger partial charge in [-0.15, -0.1) is 0 Å². The summed E-state index contributed by atoms with van der Waals surface area (Å²) in [7, 11) is -3.28. The van der Waals surface area contributed by atoms with Crippen molar-refractivity contribution in [1.82, 2.24) is 0 Å². The number of rotatable bonds is 5. The number of hydrogen-bond donors (Lipinski definition) is 0. The summed E-state index contributed by atoms with van der Waals surface area (Å²) in [6.45, 7) is -0.128. The van der Waals surface area contributed by atoms with Crippen LogP contribution in [0.4, 0.5) is 0 Å². The molecule has 2 aromatic carbocycles. The summed E-state index contributed by atoms with van der Waals surface area (Å²) in [6.07, 6.45) is 1.13. The van der Waals surface area contributed by atoms with Gasteiger partial charge in [-0.1, -0.05) is 36.4 Å². The van der Waals surface area contributed by atoms with Gasteiger partial charge >= 0.3 is 0 Å². The van der Waals surface area contributed by atoms with Crippen molar-refractivity contribution in [2.45, 2.75) is 4.90 Å². The lowest BCUT2D eigenvalue weighted by Crippen LogP contribution is -2.11. The molecular formula is C15H14O4S. The van der Waals surface area contributed by atoms with Crippen molar-refractivity contribution in [3.05, 3.63) is 60.2 Å². The van der Waals surface area contributed by atoms with Crippen molar-refractivity contribution in [3.8, 4) is 5.75 Å². The Morgan fingerprint density at radius 3 is 2.40 bits per heavy atom. The molecule has 0 amide bonds. The highest BCUT2D eigenvalue weighted by Crippen LogP contribution is 2.17. The fraction of sp³-hybridized carbons (Fsp3) is 0.133. The molecule has 5 heteroatoms. The monoisotopic (exact) mass is 290 g/mol. The van der Waals surface area contributed by atoms with Gasteiger partial charge in [-0.25, -0.2) is 8.42 Å². The third-order valence-electron chi connectivity index (χ3n) is 2.70. The van der Waals surface area contributed by atoms with Gasteiger partial charge in [0.1, 0.15) is 5.75 Å². The van der Waals surface area contributed by atoms with Gasteiger partial charge in [0.25, 0.3) is 0 Å². The summed E-state index contributed by atoms with van der Waals surface area (Å²) in [6, 6.07) is 14.9. The number of sulfone groups is 1. The second kappa shape index (κ2) is 5.88. The van der Waals surface area contributed by atoms with Crippen LogP contribution in [0.15, 0.2) is 59.5 Å². The number of carbonyl (C=O) groups excluding carboxylic acids is 1. The zero-order valence-electron chi connectivity index (χ0n) is 10.9. The molecule has 0 saturated carbocycles. The smallest absolute Gasteiger partial charge is 0.200 e. The van der Waals surface area contributed by atoms with E-state index in [1.807, 2.05) is 6.07 Å². The third-order valence-corrected chi connectivity index (χ3v) is 3.81. The van der Waals surface area contributed by atoms with Gasteiger partial charge in [0.05, 0.1) is 4.90 Å². The first-order valence-electron chi connectivity index (χ1n) is 5.98. The Hall–Kier alpha value is -2.14. The van der Waals surface area contributed by atoms with Crippen molar-refractivity contribution in [1.29, 1.82) is 0 Å². The Balaban J connectivity index is 2.07. The molecule has 2 aromatic rings. The Bertz CT molecular complexity index is 706. The number of benzene rings is 2. The molecule has 0 heterocycles. The topological polar surface area (TPSA) is 60.4 Å². The van der Waals surface area contributed by atoms with Crippen LogP contribution in [0.25, 0.3) is 0 Å². The van der Waals surface area contributed by atoms with E-state index in [-0.39, 0.29) is 17.3 Å². The molecule has 2 rings (SSSR count). The number of ketones is 1. The molecule has 0 saturated heterocycles. The number of carbonyl (C=O) groups is 1. The Morgan fingerprint density at radius 2 is 1.75 bits per heavy atom. The lowest BCUT2D eigenvalue weighted by atomic mass is 10.1. The highest BCUT2D eigenvalue weighted by molar-refractivity contribution is 7.90. The molecule has 0 aliphatic heterocycles. The summed E-state index contributed by atoms with van der Waals surface area (Å²) >= 11 is 0. The van der Waals surface area contributed by atoms with E-state index in [1.54, 1.807) is 36.4 Å². The van der Waals surface area contributed by atoms with Gasteiger partial charge in [-0.05, 0) is 18.2 Å². The molecule has 0 fully saturated rings. The Kier molecular flexibility index (Phi) is 4.20. The fourth-order valence-corrected chi connectivity index (χ4v) is 2.31. The molecule has 104 valence electrons. The molecule has 0 bridgehead atoms. The average molecular weight is 290 g/mol. The minimum atomic E-state index is -3.28. The molecule has 0 aliphatic rings. The van der Waals surface area contributed by atoms with Crippen LogP contribution in [0, 0.1) is 0 Å². The van der Waals surface area contributed by atoms with Crippen LogP contribution in [0.2, 0.25) is 0 Å². The van der Waals surface area contributed by atoms with Gasteiger partial charge in [0, 0.05) is 11.8 Å². The molecule has 0 radical (unpaired) electrons. The molecule has 0 spiro atoms. The maximum Gasteiger partial charge on any atom is 0.200 e. The van der Waals surface area contributed by atoms with Gasteiger partial charge < -0.3 is 4.74 Å². The summed E-state index contributed by atoms with van der Waals surface area (Å²) in [5.74, 6) is 0.201. The van der Waals surface area contributed by atoms with Crippen LogP contribution in [-0.4, -0.2) is 27.1 Å². The summed E-state index contributed by atoms with van der Waals surface area (Å²) in [5.41, 5.74) is 0.562. The van der Waals surface area contributed by atoms with Crippen molar-refractivity contribution in [2.75, 3.05) is 12.9 Å². The summed E-state index contributed by atoms with van der Waals surface area (Å²) < 4.78 is 28.2. The van der Waals surface area contributed by atoms with E-state index in [9.17, 15) is 13.2 Å². The van der Waals surface area contributed by atoms with Crippen LogP contribution in [0.1, 0.15) is 10.4 Å². The predicted octanol–water partition coefficient (Wildman–Crippen LogP) is 2.35. The van der Waals surface area contributed by atoms with Crippen molar-refractivity contribution < 1.29 is 17.9 Å². The van der Waals surface area contributed by atoms with E-state index in [2.05, 4.69) is 0 Å². The molecule has 20 heavy (non-hydrogen) atoms. The zero-order chi connectivity index (χ0) is 14.6. The van der Waals surface area contributed by atoms with Gasteiger partial charge in [0.2, 0.25) is 0 Å². The van der Waals surface area contributed by atoms with E-state index in [0.29, 0.717) is 11.3 Å².